The van der Waals surface area contributed by atoms with Gasteiger partial charge in [-0.1, -0.05) is 30.3 Å². The van der Waals surface area contributed by atoms with Crippen molar-refractivity contribution in [3.63, 3.8) is 0 Å². The molecule has 1 aromatic carbocycles. The maximum absolute atomic E-state index is 13.0. The average Bonchev–Trinajstić information content (AvgIpc) is 2.97. The van der Waals surface area contributed by atoms with Crippen LogP contribution < -0.4 is 15.2 Å². The van der Waals surface area contributed by atoms with E-state index in [1.807, 2.05) is 77.9 Å². The fraction of sp³-hybridized carbons (Fsp3) is 0.400. The van der Waals surface area contributed by atoms with Gasteiger partial charge in [-0.2, -0.15) is 4.98 Å². The minimum atomic E-state index is -0.512. The van der Waals surface area contributed by atoms with Crippen molar-refractivity contribution < 1.29 is 9.47 Å². The number of aryl methyl sites for hydroxylation is 1. The zero-order valence-electron chi connectivity index (χ0n) is 20.7. The van der Waals surface area contributed by atoms with E-state index in [0.717, 1.165) is 5.56 Å². The van der Waals surface area contributed by atoms with Crippen molar-refractivity contribution in [2.24, 2.45) is 7.05 Å². The predicted molar refractivity (Wildman–Crippen MR) is 130 cm³/mol. The summed E-state index contributed by atoms with van der Waals surface area (Å²) in [5.74, 6) is 0.336. The fourth-order valence-electron chi connectivity index (χ4n) is 3.46. The van der Waals surface area contributed by atoms with Crippen molar-refractivity contribution in [1.29, 1.82) is 0 Å². The molecule has 0 aliphatic carbocycles. The Morgan fingerprint density at radius 2 is 1.62 bits per heavy atom. The molecule has 9 nitrogen and oxygen atoms in total. The lowest BCUT2D eigenvalue weighted by Crippen LogP contribution is -2.26. The van der Waals surface area contributed by atoms with Crippen LogP contribution in [0.1, 0.15) is 47.1 Å². The number of aromatic nitrogens is 6. The number of rotatable bonds is 5. The highest BCUT2D eigenvalue weighted by molar-refractivity contribution is 5.77. The molecule has 0 aliphatic rings. The van der Waals surface area contributed by atoms with Crippen LogP contribution in [0.4, 0.5) is 0 Å². The molecule has 0 saturated heterocycles. The molecular weight excluding hydrogens is 432 g/mol. The van der Waals surface area contributed by atoms with Crippen molar-refractivity contribution in [3.05, 3.63) is 58.6 Å². The molecule has 0 saturated carbocycles. The quantitative estimate of drug-likeness (QED) is 0.442. The van der Waals surface area contributed by atoms with Gasteiger partial charge in [0.2, 0.25) is 5.88 Å². The van der Waals surface area contributed by atoms with E-state index in [0.29, 0.717) is 34.8 Å². The molecule has 3 aromatic heterocycles. The van der Waals surface area contributed by atoms with Gasteiger partial charge in [-0.3, -0.25) is 9.13 Å². The molecule has 0 amide bonds. The third-order valence-corrected chi connectivity index (χ3v) is 4.87. The lowest BCUT2D eigenvalue weighted by molar-refractivity contribution is 0.103. The van der Waals surface area contributed by atoms with Gasteiger partial charge in [-0.05, 0) is 53.2 Å². The molecule has 178 valence electrons. The summed E-state index contributed by atoms with van der Waals surface area (Å²) in [4.78, 5) is 21.8. The topological polar surface area (TPSA) is 97.0 Å². The van der Waals surface area contributed by atoms with Crippen LogP contribution >= 0.6 is 0 Å². The summed E-state index contributed by atoms with van der Waals surface area (Å²) < 4.78 is 15.2. The minimum absolute atomic E-state index is 0.165. The third-order valence-electron chi connectivity index (χ3n) is 4.87. The molecule has 9 heteroatoms. The van der Waals surface area contributed by atoms with Crippen LogP contribution in [-0.2, 0) is 13.6 Å². The Morgan fingerprint density at radius 1 is 0.941 bits per heavy atom. The molecule has 0 aliphatic heterocycles. The Morgan fingerprint density at radius 3 is 2.26 bits per heavy atom. The monoisotopic (exact) mass is 462 g/mol. The van der Waals surface area contributed by atoms with E-state index in [4.69, 9.17) is 9.47 Å². The van der Waals surface area contributed by atoms with Gasteiger partial charge in [-0.15, -0.1) is 10.2 Å². The largest absolute Gasteiger partial charge is 0.471 e. The first-order chi connectivity index (χ1) is 15.9. The van der Waals surface area contributed by atoms with Gasteiger partial charge in [0.25, 0.3) is 0 Å². The molecule has 34 heavy (non-hydrogen) atoms. The Bertz CT molecular complexity index is 1380. The Balaban J connectivity index is 1.84. The highest BCUT2D eigenvalue weighted by atomic mass is 16.5. The first kappa shape index (κ1) is 23.4. The number of hydrogen-bond acceptors (Lipinski definition) is 7. The summed E-state index contributed by atoms with van der Waals surface area (Å²) in [7, 11) is 1.69. The van der Waals surface area contributed by atoms with E-state index >= 15 is 0 Å². The maximum Gasteiger partial charge on any atom is 0.330 e. The second-order valence-electron chi connectivity index (χ2n) is 10.2. The molecule has 0 bridgehead atoms. The molecule has 0 radical (unpaired) electrons. The van der Waals surface area contributed by atoms with Crippen LogP contribution in [0.25, 0.3) is 22.4 Å². The van der Waals surface area contributed by atoms with Crippen molar-refractivity contribution in [1.82, 2.24) is 29.3 Å². The number of benzene rings is 1. The summed E-state index contributed by atoms with van der Waals surface area (Å²) >= 11 is 0. The van der Waals surface area contributed by atoms with Crippen LogP contribution in [0.15, 0.2) is 47.4 Å². The second-order valence-corrected chi connectivity index (χ2v) is 10.2. The van der Waals surface area contributed by atoms with Crippen molar-refractivity contribution in [3.8, 4) is 23.1 Å². The molecule has 0 spiro atoms. The average molecular weight is 463 g/mol. The Hall–Kier alpha value is -3.75. The highest BCUT2D eigenvalue weighted by Crippen LogP contribution is 2.32. The minimum Gasteiger partial charge on any atom is -0.471 e. The normalized spacial score (nSPS) is 12.2. The van der Waals surface area contributed by atoms with Crippen molar-refractivity contribution in [2.75, 3.05) is 0 Å². The molecule has 3 heterocycles. The third kappa shape index (κ3) is 5.08. The zero-order valence-corrected chi connectivity index (χ0v) is 20.7. The van der Waals surface area contributed by atoms with Crippen molar-refractivity contribution >= 4 is 11.2 Å². The van der Waals surface area contributed by atoms with Gasteiger partial charge in [-0.25, -0.2) is 9.78 Å². The second kappa shape index (κ2) is 8.55. The van der Waals surface area contributed by atoms with Crippen molar-refractivity contribution in [2.45, 2.75) is 59.3 Å². The smallest absolute Gasteiger partial charge is 0.330 e. The lowest BCUT2D eigenvalue weighted by atomic mass is 10.1. The maximum atomic E-state index is 13.0. The predicted octanol–water partition coefficient (Wildman–Crippen LogP) is 3.99. The van der Waals surface area contributed by atoms with Crippen LogP contribution in [0.2, 0.25) is 0 Å². The van der Waals surface area contributed by atoms with Crippen LogP contribution in [0.5, 0.6) is 11.9 Å². The molecule has 4 aromatic rings. The van der Waals surface area contributed by atoms with Crippen LogP contribution in [0.3, 0.4) is 0 Å². The summed E-state index contributed by atoms with van der Waals surface area (Å²) in [5.41, 5.74) is 2.10. The molecule has 0 fully saturated rings. The van der Waals surface area contributed by atoms with Gasteiger partial charge < -0.3 is 9.47 Å². The summed E-state index contributed by atoms with van der Waals surface area (Å²) in [5, 5.41) is 8.72. The summed E-state index contributed by atoms with van der Waals surface area (Å²) in [6.07, 6.45) is 1.62. The molecule has 4 rings (SSSR count). The van der Waals surface area contributed by atoms with Gasteiger partial charge >= 0.3 is 11.7 Å². The fourth-order valence-corrected chi connectivity index (χ4v) is 3.46. The number of fused-ring (bicyclic) bond motifs is 1. The standard InChI is InChI=1S/C25H30N6O3/c1-24(2,3)33-21-17(14-26-22(27-21)34-25(4,5)6)18-13-19-20(29-28-18)30(7)23(32)31(19)15-16-11-9-8-10-12-16/h8-14H,15H2,1-7H3. The molecule has 0 N–H and O–H groups in total. The van der Waals surface area contributed by atoms with E-state index in [2.05, 4.69) is 20.2 Å². The van der Waals surface area contributed by atoms with E-state index in [9.17, 15) is 4.79 Å². The van der Waals surface area contributed by atoms with E-state index in [-0.39, 0.29) is 11.7 Å². The van der Waals surface area contributed by atoms with E-state index in [1.54, 1.807) is 17.8 Å². The molecule has 0 atom stereocenters. The lowest BCUT2D eigenvalue weighted by Gasteiger charge is -2.24. The van der Waals surface area contributed by atoms with Gasteiger partial charge in [0, 0.05) is 13.2 Å². The number of nitrogens with zero attached hydrogens (tertiary/aromatic N) is 6. The van der Waals surface area contributed by atoms with Gasteiger partial charge in [0.15, 0.2) is 5.65 Å². The van der Waals surface area contributed by atoms with E-state index < -0.39 is 11.2 Å². The first-order valence-electron chi connectivity index (χ1n) is 11.1. The summed E-state index contributed by atoms with van der Waals surface area (Å²) in [6, 6.07) is 11.9. The summed E-state index contributed by atoms with van der Waals surface area (Å²) in [6.45, 7) is 12.0. The number of imidazole rings is 1. The highest BCUT2D eigenvalue weighted by Gasteiger charge is 2.23. The van der Waals surface area contributed by atoms with E-state index in [1.165, 1.54) is 4.57 Å². The van der Waals surface area contributed by atoms with Gasteiger partial charge in [0.1, 0.15) is 16.9 Å². The molecule has 0 unspecified atom stereocenters. The van der Waals surface area contributed by atoms with Gasteiger partial charge in [0.05, 0.1) is 17.6 Å². The number of ether oxygens (including phenoxy) is 2. The first-order valence-corrected chi connectivity index (χ1v) is 11.1. The van der Waals surface area contributed by atoms with Crippen LogP contribution in [0, 0.1) is 0 Å². The zero-order chi connectivity index (χ0) is 24.7. The van der Waals surface area contributed by atoms with Crippen LogP contribution in [-0.4, -0.2) is 40.5 Å². The Labute approximate surface area is 198 Å². The molecular formula is C25H30N6O3. The number of hydrogen-bond donors (Lipinski definition) is 0. The Kier molecular flexibility index (Phi) is 5.89. The SMILES string of the molecule is Cn1c(=O)n(Cc2ccccc2)c2cc(-c3cnc(OC(C)(C)C)nc3OC(C)(C)C)nnc21.